The predicted octanol–water partition coefficient (Wildman–Crippen LogP) is 3.02. The Morgan fingerprint density at radius 3 is 2.89 bits per heavy atom. The minimum Gasteiger partial charge on any atom is -0.381 e. The summed E-state index contributed by atoms with van der Waals surface area (Å²) in [6.45, 7) is 2.16. The molecule has 1 aromatic heterocycles. The number of nitrogens with zero attached hydrogens (tertiary/aromatic N) is 2. The smallest absolute Gasteiger partial charge is 0.381 e. The highest BCUT2D eigenvalue weighted by Gasteiger charge is 2.33. The fraction of sp³-hybridized carbons (Fsp3) is 0.727. The fourth-order valence-electron chi connectivity index (χ4n) is 1.99. The van der Waals surface area contributed by atoms with Crippen LogP contribution in [0.2, 0.25) is 0 Å². The molecule has 2 rings (SSSR count). The van der Waals surface area contributed by atoms with Gasteiger partial charge in [0.1, 0.15) is 4.88 Å². The van der Waals surface area contributed by atoms with Crippen molar-refractivity contribution in [2.24, 2.45) is 5.92 Å². The summed E-state index contributed by atoms with van der Waals surface area (Å²) in [4.78, 5) is 4.96. The van der Waals surface area contributed by atoms with Crippen molar-refractivity contribution in [1.82, 2.24) is 4.98 Å². The van der Waals surface area contributed by atoms with Gasteiger partial charge in [-0.2, -0.15) is 13.2 Å². The van der Waals surface area contributed by atoms with Crippen LogP contribution in [0.3, 0.4) is 0 Å². The van der Waals surface area contributed by atoms with Gasteiger partial charge in [0.2, 0.25) is 0 Å². The second-order valence-electron chi connectivity index (χ2n) is 4.47. The summed E-state index contributed by atoms with van der Waals surface area (Å²) < 4.78 is 42.7. The number of alkyl halides is 3. The summed E-state index contributed by atoms with van der Waals surface area (Å²) in [6.07, 6.45) is -1.33. The van der Waals surface area contributed by atoms with Crippen LogP contribution in [0.5, 0.6) is 0 Å². The van der Waals surface area contributed by atoms with E-state index in [2.05, 4.69) is 4.98 Å². The van der Waals surface area contributed by atoms with Crippen molar-refractivity contribution in [1.29, 1.82) is 0 Å². The molecule has 7 heteroatoms. The van der Waals surface area contributed by atoms with Crippen LogP contribution in [-0.2, 0) is 10.9 Å². The highest BCUT2D eigenvalue weighted by Crippen LogP contribution is 2.36. The van der Waals surface area contributed by atoms with Crippen LogP contribution in [0.25, 0.3) is 0 Å². The molecule has 1 saturated heterocycles. The number of thiazole rings is 1. The molecule has 0 radical (unpaired) electrons. The highest BCUT2D eigenvalue weighted by atomic mass is 32.1. The van der Waals surface area contributed by atoms with Gasteiger partial charge in [0, 0.05) is 20.2 Å². The van der Waals surface area contributed by atoms with E-state index >= 15 is 0 Å². The summed E-state index contributed by atoms with van der Waals surface area (Å²) in [5, 5.41) is 0.410. The van der Waals surface area contributed by atoms with Crippen LogP contribution >= 0.6 is 11.3 Å². The molecule has 0 aliphatic carbocycles. The lowest BCUT2D eigenvalue weighted by Crippen LogP contribution is -2.30. The Balaban J connectivity index is 1.96. The maximum atomic E-state index is 12.5. The number of ether oxygens (including phenoxy) is 1. The zero-order valence-corrected chi connectivity index (χ0v) is 10.9. The molecule has 1 aliphatic rings. The molecular formula is C11H15F3N2OS. The van der Waals surface area contributed by atoms with E-state index in [4.69, 9.17) is 4.74 Å². The first-order chi connectivity index (χ1) is 8.47. The molecule has 18 heavy (non-hydrogen) atoms. The van der Waals surface area contributed by atoms with Crippen molar-refractivity contribution in [3.63, 3.8) is 0 Å². The summed E-state index contributed by atoms with van der Waals surface area (Å²) in [5.74, 6) is 0.377. The fourth-order valence-corrected chi connectivity index (χ4v) is 2.74. The van der Waals surface area contributed by atoms with Crippen LogP contribution in [0.1, 0.15) is 17.7 Å². The molecule has 0 spiro atoms. The Morgan fingerprint density at radius 2 is 2.33 bits per heavy atom. The van der Waals surface area contributed by atoms with Gasteiger partial charge in [0.05, 0.1) is 12.8 Å². The second-order valence-corrected chi connectivity index (χ2v) is 5.48. The third-order valence-electron chi connectivity index (χ3n) is 2.89. The predicted molar refractivity (Wildman–Crippen MR) is 63.9 cm³/mol. The zero-order chi connectivity index (χ0) is 13.2. The molecule has 2 heterocycles. The summed E-state index contributed by atoms with van der Waals surface area (Å²) in [5.41, 5.74) is 0. The van der Waals surface area contributed by atoms with E-state index in [1.807, 2.05) is 0 Å². The van der Waals surface area contributed by atoms with Crippen molar-refractivity contribution in [3.05, 3.63) is 11.1 Å². The molecule has 102 valence electrons. The van der Waals surface area contributed by atoms with Crippen LogP contribution in [0.15, 0.2) is 6.20 Å². The van der Waals surface area contributed by atoms with Gasteiger partial charge in [-0.15, -0.1) is 0 Å². The number of hydrogen-bond acceptors (Lipinski definition) is 4. The van der Waals surface area contributed by atoms with Gasteiger partial charge in [-0.05, 0) is 18.8 Å². The molecule has 0 bridgehead atoms. The van der Waals surface area contributed by atoms with E-state index in [1.54, 1.807) is 11.9 Å². The first-order valence-corrected chi connectivity index (χ1v) is 6.60. The lowest BCUT2D eigenvalue weighted by Gasteiger charge is -2.26. The van der Waals surface area contributed by atoms with Crippen LogP contribution < -0.4 is 4.90 Å². The topological polar surface area (TPSA) is 25.4 Å². The zero-order valence-electron chi connectivity index (χ0n) is 10.0. The van der Waals surface area contributed by atoms with Crippen molar-refractivity contribution >= 4 is 16.5 Å². The van der Waals surface area contributed by atoms with Gasteiger partial charge in [0.15, 0.2) is 5.13 Å². The maximum Gasteiger partial charge on any atom is 0.427 e. The van der Waals surface area contributed by atoms with E-state index in [0.29, 0.717) is 35.5 Å². The quantitative estimate of drug-likeness (QED) is 0.851. The number of aromatic nitrogens is 1. The van der Waals surface area contributed by atoms with Crippen molar-refractivity contribution in [3.8, 4) is 0 Å². The van der Waals surface area contributed by atoms with Gasteiger partial charge >= 0.3 is 6.18 Å². The van der Waals surface area contributed by atoms with Crippen molar-refractivity contribution in [2.45, 2.75) is 19.0 Å². The van der Waals surface area contributed by atoms with Crippen molar-refractivity contribution in [2.75, 3.05) is 31.7 Å². The van der Waals surface area contributed by atoms with Crippen LogP contribution in [-0.4, -0.2) is 31.8 Å². The first kappa shape index (κ1) is 13.6. The molecule has 0 saturated carbocycles. The lowest BCUT2D eigenvalue weighted by atomic mass is 10.0. The third kappa shape index (κ3) is 3.35. The average molecular weight is 280 g/mol. The van der Waals surface area contributed by atoms with Gasteiger partial charge < -0.3 is 9.64 Å². The maximum absolute atomic E-state index is 12.5. The minimum absolute atomic E-state index is 0.377. The molecular weight excluding hydrogens is 265 g/mol. The second kappa shape index (κ2) is 5.44. The average Bonchev–Trinajstić information content (AvgIpc) is 2.79. The summed E-state index contributed by atoms with van der Waals surface area (Å²) in [6, 6.07) is 0. The lowest BCUT2D eigenvalue weighted by molar-refractivity contribution is -0.134. The van der Waals surface area contributed by atoms with Gasteiger partial charge in [-0.25, -0.2) is 4.98 Å². The minimum atomic E-state index is -4.30. The van der Waals surface area contributed by atoms with Crippen LogP contribution in [0.4, 0.5) is 18.3 Å². The normalized spacial score (nSPS) is 21.0. The first-order valence-electron chi connectivity index (χ1n) is 5.78. The SMILES string of the molecule is CN(CC1CCCOC1)c1ncc(C(F)(F)F)s1. The summed E-state index contributed by atoms with van der Waals surface area (Å²) in [7, 11) is 1.77. The molecule has 1 fully saturated rings. The Morgan fingerprint density at radius 1 is 1.56 bits per heavy atom. The Bertz CT molecular complexity index is 388. The molecule has 1 aliphatic heterocycles. The molecule has 1 unspecified atom stereocenters. The van der Waals surface area contributed by atoms with Gasteiger partial charge in [0.25, 0.3) is 0 Å². The van der Waals surface area contributed by atoms with E-state index in [-0.39, 0.29) is 0 Å². The van der Waals surface area contributed by atoms with Gasteiger partial charge in [-0.1, -0.05) is 11.3 Å². The largest absolute Gasteiger partial charge is 0.427 e. The van der Waals surface area contributed by atoms with E-state index in [9.17, 15) is 13.2 Å². The van der Waals surface area contributed by atoms with Crippen LogP contribution in [0, 0.1) is 5.92 Å². The van der Waals surface area contributed by atoms with E-state index in [0.717, 1.165) is 25.6 Å². The number of anilines is 1. The molecule has 1 atom stereocenters. The Hall–Kier alpha value is -0.820. The number of hydrogen-bond donors (Lipinski definition) is 0. The molecule has 3 nitrogen and oxygen atoms in total. The standard InChI is InChI=1S/C11H15F3N2OS/c1-16(6-8-3-2-4-17-7-8)10-15-5-9(18-10)11(12,13)14/h5,8H,2-4,6-7H2,1H3. The van der Waals surface area contributed by atoms with Gasteiger partial charge in [-0.3, -0.25) is 0 Å². The number of halogens is 3. The molecule has 0 aromatic carbocycles. The summed E-state index contributed by atoms with van der Waals surface area (Å²) >= 11 is 0.685. The Kier molecular flexibility index (Phi) is 4.11. The third-order valence-corrected chi connectivity index (χ3v) is 4.04. The van der Waals surface area contributed by atoms with E-state index in [1.165, 1.54) is 0 Å². The monoisotopic (exact) mass is 280 g/mol. The Labute approximate surface area is 108 Å². The molecule has 0 amide bonds. The van der Waals surface area contributed by atoms with E-state index < -0.39 is 11.1 Å². The number of rotatable bonds is 3. The highest BCUT2D eigenvalue weighted by molar-refractivity contribution is 7.15. The molecule has 1 aromatic rings. The molecule has 0 N–H and O–H groups in total. The van der Waals surface area contributed by atoms with Crippen molar-refractivity contribution < 1.29 is 17.9 Å².